The molecule has 5 rings (SSSR count). The largest absolute Gasteiger partial charge is 0.491 e. The topological polar surface area (TPSA) is 90.2 Å². The molecule has 0 saturated carbocycles. The number of rotatable bonds is 7. The van der Waals surface area contributed by atoms with Gasteiger partial charge in [-0.25, -0.2) is 14.8 Å². The van der Waals surface area contributed by atoms with Crippen LogP contribution in [0.15, 0.2) is 54.9 Å². The molecule has 9 heteroatoms. The number of hydrogen-bond donors (Lipinski definition) is 1. The predicted octanol–water partition coefficient (Wildman–Crippen LogP) is 5.00. The van der Waals surface area contributed by atoms with Crippen LogP contribution >= 0.6 is 0 Å². The number of anilines is 1. The van der Waals surface area contributed by atoms with Gasteiger partial charge in [-0.2, -0.15) is 0 Å². The molecule has 3 aromatic heterocycles. The summed E-state index contributed by atoms with van der Waals surface area (Å²) < 4.78 is 18.3. The number of nitrogens with one attached hydrogen (secondary N) is 1. The predicted molar refractivity (Wildman–Crippen MR) is 143 cm³/mol. The molecule has 4 heterocycles. The highest BCUT2D eigenvalue weighted by Crippen LogP contribution is 2.29. The maximum absolute atomic E-state index is 12.5. The van der Waals surface area contributed by atoms with Gasteiger partial charge in [-0.3, -0.25) is 4.40 Å². The lowest BCUT2D eigenvalue weighted by atomic mass is 10.1. The van der Waals surface area contributed by atoms with Crippen molar-refractivity contribution in [3.63, 3.8) is 0 Å². The van der Waals surface area contributed by atoms with Gasteiger partial charge < -0.3 is 24.4 Å². The first-order valence-electron chi connectivity index (χ1n) is 12.5. The van der Waals surface area contributed by atoms with Crippen LogP contribution in [0.4, 0.5) is 10.5 Å². The number of carbonyl (C=O) groups excluding carboxylic acids is 1. The Balaban J connectivity index is 1.36. The molecule has 0 aliphatic carbocycles. The second-order valence-electron chi connectivity index (χ2n) is 10.2. The van der Waals surface area contributed by atoms with E-state index < -0.39 is 5.60 Å². The Labute approximate surface area is 216 Å². The Hall–Kier alpha value is -3.85. The Kier molecular flexibility index (Phi) is 6.88. The van der Waals surface area contributed by atoms with Crippen LogP contribution in [0, 0.1) is 0 Å². The fourth-order valence-electron chi connectivity index (χ4n) is 4.48. The van der Waals surface area contributed by atoms with E-state index in [9.17, 15) is 4.79 Å². The Bertz CT molecular complexity index is 1410. The highest BCUT2D eigenvalue weighted by molar-refractivity contribution is 5.92. The van der Waals surface area contributed by atoms with E-state index >= 15 is 0 Å². The molecule has 4 aromatic rings. The summed E-state index contributed by atoms with van der Waals surface area (Å²) in [6.45, 7) is 7.92. The summed E-state index contributed by atoms with van der Waals surface area (Å²) in [7, 11) is 1.65. The van der Waals surface area contributed by atoms with Crippen LogP contribution in [-0.2, 0) is 9.47 Å². The van der Waals surface area contributed by atoms with Gasteiger partial charge in [-0.05, 0) is 45.4 Å². The van der Waals surface area contributed by atoms with Crippen LogP contribution in [0.2, 0.25) is 0 Å². The third-order valence-electron chi connectivity index (χ3n) is 6.22. The molecule has 194 valence electrons. The molecule has 1 N–H and O–H groups in total. The maximum Gasteiger partial charge on any atom is 0.410 e. The number of pyridine rings is 2. The van der Waals surface area contributed by atoms with Gasteiger partial charge in [0.15, 0.2) is 0 Å². The molecule has 9 nitrogen and oxygen atoms in total. The molecule has 1 aliphatic heterocycles. The number of imidazole rings is 1. The van der Waals surface area contributed by atoms with Gasteiger partial charge in [0.25, 0.3) is 0 Å². The van der Waals surface area contributed by atoms with Gasteiger partial charge in [0.1, 0.15) is 23.6 Å². The van der Waals surface area contributed by atoms with Crippen molar-refractivity contribution in [2.24, 2.45) is 0 Å². The van der Waals surface area contributed by atoms with Crippen molar-refractivity contribution < 1.29 is 19.0 Å². The first-order valence-corrected chi connectivity index (χ1v) is 12.5. The van der Waals surface area contributed by atoms with Gasteiger partial charge >= 0.3 is 6.09 Å². The molecular formula is C28H33N5O4. The molecule has 1 aromatic carbocycles. The van der Waals surface area contributed by atoms with Crippen LogP contribution in [0.5, 0.6) is 5.75 Å². The van der Waals surface area contributed by atoms with Crippen molar-refractivity contribution in [2.75, 3.05) is 38.7 Å². The monoisotopic (exact) mass is 503 g/mol. The van der Waals surface area contributed by atoms with E-state index in [0.29, 0.717) is 26.3 Å². The zero-order valence-corrected chi connectivity index (χ0v) is 21.7. The zero-order chi connectivity index (χ0) is 26.0. The number of carbonyl (C=O) groups is 1. The fourth-order valence-corrected chi connectivity index (χ4v) is 4.48. The number of amides is 1. The summed E-state index contributed by atoms with van der Waals surface area (Å²) in [4.78, 5) is 23.8. The van der Waals surface area contributed by atoms with Crippen molar-refractivity contribution in [2.45, 2.75) is 38.8 Å². The van der Waals surface area contributed by atoms with E-state index in [2.05, 4.69) is 22.4 Å². The van der Waals surface area contributed by atoms with Crippen molar-refractivity contribution in [1.29, 1.82) is 0 Å². The standard InChI is InChI=1S/C28H33N5O4/c1-28(2,3)37-27(34)32-12-10-20(18-32)30-23-7-5-6-19-8-9-22(31-26(19)23)24-17-29-25-16-21(11-13-33(24)25)36-15-14-35-4/h5-9,11,13,16-17,20,30H,10,12,14-15,18H2,1-4H3/t20-/m0/s1. The number of likely N-dealkylation sites (tertiary alicyclic amines) is 1. The molecule has 37 heavy (non-hydrogen) atoms. The van der Waals surface area contributed by atoms with Crippen molar-refractivity contribution in [3.8, 4) is 17.1 Å². The third-order valence-corrected chi connectivity index (χ3v) is 6.22. The van der Waals surface area contributed by atoms with Crippen LogP contribution in [0.25, 0.3) is 27.9 Å². The first kappa shape index (κ1) is 24.8. The minimum atomic E-state index is -0.505. The van der Waals surface area contributed by atoms with Gasteiger partial charge in [-0.15, -0.1) is 0 Å². The van der Waals surface area contributed by atoms with Crippen LogP contribution in [-0.4, -0.2) is 70.4 Å². The van der Waals surface area contributed by atoms with Crippen LogP contribution in [0.1, 0.15) is 27.2 Å². The van der Waals surface area contributed by atoms with Gasteiger partial charge in [0, 0.05) is 43.9 Å². The lowest BCUT2D eigenvalue weighted by molar-refractivity contribution is 0.0293. The minimum Gasteiger partial charge on any atom is -0.491 e. The molecule has 0 bridgehead atoms. The highest BCUT2D eigenvalue weighted by Gasteiger charge is 2.30. The van der Waals surface area contributed by atoms with E-state index in [0.717, 1.165) is 45.8 Å². The van der Waals surface area contributed by atoms with E-state index in [1.165, 1.54) is 0 Å². The van der Waals surface area contributed by atoms with E-state index in [1.54, 1.807) is 12.0 Å². The number of para-hydroxylation sites is 1. The van der Waals surface area contributed by atoms with Gasteiger partial charge in [0.2, 0.25) is 0 Å². The normalized spacial score (nSPS) is 15.9. The SMILES string of the molecule is COCCOc1ccn2c(-c3ccc4cccc(N[C@H]5CCN(C(=O)OC(C)(C)C)C5)c4n3)cnc2c1. The van der Waals surface area contributed by atoms with Gasteiger partial charge in [-0.1, -0.05) is 18.2 Å². The first-order chi connectivity index (χ1) is 17.8. The van der Waals surface area contributed by atoms with E-state index in [4.69, 9.17) is 19.2 Å². The molecular weight excluding hydrogens is 470 g/mol. The summed E-state index contributed by atoms with van der Waals surface area (Å²) in [6, 6.07) is 14.1. The summed E-state index contributed by atoms with van der Waals surface area (Å²) in [5.74, 6) is 0.747. The van der Waals surface area contributed by atoms with E-state index in [1.807, 2.05) is 67.9 Å². The zero-order valence-electron chi connectivity index (χ0n) is 21.7. The second kappa shape index (κ2) is 10.3. The Morgan fingerprint density at radius 2 is 2.03 bits per heavy atom. The molecule has 1 atom stereocenters. The average molecular weight is 504 g/mol. The van der Waals surface area contributed by atoms with E-state index in [-0.39, 0.29) is 12.1 Å². The van der Waals surface area contributed by atoms with Crippen molar-refractivity contribution in [3.05, 3.63) is 54.9 Å². The number of nitrogens with zero attached hydrogens (tertiary/aromatic N) is 4. The molecule has 1 amide bonds. The molecule has 1 saturated heterocycles. The number of benzene rings is 1. The lowest BCUT2D eigenvalue weighted by Crippen LogP contribution is -2.36. The summed E-state index contributed by atoms with van der Waals surface area (Å²) >= 11 is 0. The highest BCUT2D eigenvalue weighted by atomic mass is 16.6. The number of methoxy groups -OCH3 is 1. The van der Waals surface area contributed by atoms with Crippen LogP contribution in [0.3, 0.4) is 0 Å². The summed E-state index contributed by atoms with van der Waals surface area (Å²) in [6.07, 6.45) is 4.35. The molecule has 0 unspecified atom stereocenters. The number of fused-ring (bicyclic) bond motifs is 2. The smallest absolute Gasteiger partial charge is 0.410 e. The lowest BCUT2D eigenvalue weighted by Gasteiger charge is -2.24. The molecule has 1 aliphatic rings. The Morgan fingerprint density at radius 1 is 1.16 bits per heavy atom. The van der Waals surface area contributed by atoms with Gasteiger partial charge in [0.05, 0.1) is 35.4 Å². The average Bonchev–Trinajstić information content (AvgIpc) is 3.50. The van der Waals surface area contributed by atoms with Crippen molar-refractivity contribution >= 4 is 28.3 Å². The number of ether oxygens (including phenoxy) is 3. The second-order valence-corrected chi connectivity index (χ2v) is 10.2. The third kappa shape index (κ3) is 5.61. The molecule has 1 fully saturated rings. The summed E-state index contributed by atoms with van der Waals surface area (Å²) in [5.41, 5.74) is 3.82. The number of hydrogen-bond acceptors (Lipinski definition) is 7. The minimum absolute atomic E-state index is 0.121. The quantitative estimate of drug-likeness (QED) is 0.355. The maximum atomic E-state index is 12.5. The van der Waals surface area contributed by atoms with Crippen molar-refractivity contribution in [1.82, 2.24) is 19.3 Å². The number of aromatic nitrogens is 3. The molecule has 0 spiro atoms. The Morgan fingerprint density at radius 3 is 2.84 bits per heavy atom. The van der Waals surface area contributed by atoms with Crippen LogP contribution < -0.4 is 10.1 Å². The summed E-state index contributed by atoms with van der Waals surface area (Å²) in [5, 5.41) is 4.65. The fraction of sp³-hybridized carbons (Fsp3) is 0.393. The molecule has 0 radical (unpaired) electrons.